The van der Waals surface area contributed by atoms with Gasteiger partial charge < -0.3 is 10.6 Å². The van der Waals surface area contributed by atoms with Gasteiger partial charge in [-0.05, 0) is 29.2 Å². The van der Waals surface area contributed by atoms with E-state index in [1.54, 1.807) is 0 Å². The van der Waals surface area contributed by atoms with Crippen molar-refractivity contribution in [1.82, 2.24) is 4.37 Å². The summed E-state index contributed by atoms with van der Waals surface area (Å²) >= 11 is 1.43. The molecule has 0 radical (unpaired) electrons. The fourth-order valence-corrected chi connectivity index (χ4v) is 2.02. The topological polar surface area (TPSA) is 42.1 Å². The predicted molar refractivity (Wildman–Crippen MR) is 66.3 cm³/mol. The van der Waals surface area contributed by atoms with E-state index in [1.807, 2.05) is 20.2 Å². The average molecular weight is 219 g/mol. The molecule has 0 spiro atoms. The molecule has 0 aliphatic heterocycles. The van der Waals surface area contributed by atoms with Crippen molar-refractivity contribution < 1.29 is 0 Å². The van der Waals surface area contributed by atoms with Crippen LogP contribution >= 0.6 is 11.5 Å². The first-order valence-corrected chi connectivity index (χ1v) is 5.44. The Morgan fingerprint density at radius 2 is 1.87 bits per heavy atom. The zero-order chi connectivity index (χ0) is 10.8. The van der Waals surface area contributed by atoms with Crippen LogP contribution in [-0.4, -0.2) is 18.5 Å². The second-order valence-corrected chi connectivity index (χ2v) is 4.36. The first-order chi connectivity index (χ1) is 7.16. The van der Waals surface area contributed by atoms with E-state index in [4.69, 9.17) is 5.73 Å². The molecule has 1 aromatic heterocycles. The Balaban J connectivity index is 2.31. The third-order valence-corrected chi connectivity index (χ3v) is 3.05. The fourth-order valence-electron chi connectivity index (χ4n) is 1.35. The lowest BCUT2D eigenvalue weighted by atomic mass is 10.1. The van der Waals surface area contributed by atoms with Gasteiger partial charge in [0.05, 0.1) is 4.88 Å². The van der Waals surface area contributed by atoms with E-state index in [0.29, 0.717) is 5.82 Å². The lowest BCUT2D eigenvalue weighted by molar-refractivity contribution is 1.13. The molecular weight excluding hydrogens is 206 g/mol. The molecule has 4 heteroatoms. The summed E-state index contributed by atoms with van der Waals surface area (Å²) in [5, 5.41) is 0. The summed E-state index contributed by atoms with van der Waals surface area (Å²) in [6.45, 7) is 0. The second kappa shape index (κ2) is 3.90. The van der Waals surface area contributed by atoms with Crippen LogP contribution in [0.3, 0.4) is 0 Å². The van der Waals surface area contributed by atoms with Gasteiger partial charge in [0, 0.05) is 25.8 Å². The Bertz CT molecular complexity index is 445. The number of anilines is 2. The Morgan fingerprint density at radius 1 is 1.20 bits per heavy atom. The molecule has 2 N–H and O–H groups in total. The van der Waals surface area contributed by atoms with E-state index >= 15 is 0 Å². The Morgan fingerprint density at radius 3 is 2.33 bits per heavy atom. The van der Waals surface area contributed by atoms with E-state index in [-0.39, 0.29) is 0 Å². The minimum atomic E-state index is 0.590. The van der Waals surface area contributed by atoms with Crippen LogP contribution in [0.2, 0.25) is 0 Å². The third kappa shape index (κ3) is 2.10. The smallest absolute Gasteiger partial charge is 0.137 e. The summed E-state index contributed by atoms with van der Waals surface area (Å²) in [6, 6.07) is 10.2. The number of hydrogen-bond acceptors (Lipinski definition) is 4. The first-order valence-electron chi connectivity index (χ1n) is 4.67. The first kappa shape index (κ1) is 9.98. The second-order valence-electron chi connectivity index (χ2n) is 3.56. The van der Waals surface area contributed by atoms with Gasteiger partial charge in [0.2, 0.25) is 0 Å². The minimum Gasteiger partial charge on any atom is -0.383 e. The zero-order valence-corrected chi connectivity index (χ0v) is 9.58. The molecule has 3 nitrogen and oxygen atoms in total. The SMILES string of the molecule is CN(C)c1ccc(-c2cc(N)ns2)cc1. The molecule has 0 atom stereocenters. The van der Waals surface area contributed by atoms with Gasteiger partial charge in [-0.1, -0.05) is 12.1 Å². The summed E-state index contributed by atoms with van der Waals surface area (Å²) in [5.41, 5.74) is 7.94. The monoisotopic (exact) mass is 219 g/mol. The van der Waals surface area contributed by atoms with Crippen molar-refractivity contribution in [2.45, 2.75) is 0 Å². The van der Waals surface area contributed by atoms with Gasteiger partial charge >= 0.3 is 0 Å². The lowest BCUT2D eigenvalue weighted by Gasteiger charge is -2.12. The molecular formula is C11H13N3S. The highest BCUT2D eigenvalue weighted by Gasteiger charge is 2.02. The van der Waals surface area contributed by atoms with Crippen molar-refractivity contribution in [3.63, 3.8) is 0 Å². The molecule has 2 rings (SSSR count). The normalized spacial score (nSPS) is 10.3. The fraction of sp³-hybridized carbons (Fsp3) is 0.182. The van der Waals surface area contributed by atoms with E-state index < -0.39 is 0 Å². The van der Waals surface area contributed by atoms with Gasteiger partial charge in [0.15, 0.2) is 0 Å². The van der Waals surface area contributed by atoms with Crippen LogP contribution in [0.15, 0.2) is 30.3 Å². The highest BCUT2D eigenvalue weighted by atomic mass is 32.1. The van der Waals surface area contributed by atoms with Crippen molar-refractivity contribution >= 4 is 23.0 Å². The molecule has 15 heavy (non-hydrogen) atoms. The number of rotatable bonds is 2. The predicted octanol–water partition coefficient (Wildman–Crippen LogP) is 2.46. The Hall–Kier alpha value is -1.55. The summed E-state index contributed by atoms with van der Waals surface area (Å²) in [7, 11) is 4.05. The Kier molecular flexibility index (Phi) is 2.60. The van der Waals surface area contributed by atoms with Crippen molar-refractivity contribution in [2.75, 3.05) is 24.7 Å². The third-order valence-electron chi connectivity index (χ3n) is 2.20. The van der Waals surface area contributed by atoms with Crippen LogP contribution in [0.25, 0.3) is 10.4 Å². The van der Waals surface area contributed by atoms with Gasteiger partial charge in [0.1, 0.15) is 5.82 Å². The maximum Gasteiger partial charge on any atom is 0.137 e. The molecule has 0 amide bonds. The number of hydrogen-bond donors (Lipinski definition) is 1. The Labute approximate surface area is 93.3 Å². The maximum absolute atomic E-state index is 5.59. The highest BCUT2D eigenvalue weighted by molar-refractivity contribution is 7.09. The van der Waals surface area contributed by atoms with Gasteiger partial charge in [0.25, 0.3) is 0 Å². The molecule has 0 unspecified atom stereocenters. The number of nitrogen functional groups attached to an aromatic ring is 1. The van der Waals surface area contributed by atoms with Gasteiger partial charge in [-0.2, -0.15) is 4.37 Å². The molecule has 1 aromatic carbocycles. The van der Waals surface area contributed by atoms with E-state index in [9.17, 15) is 0 Å². The van der Waals surface area contributed by atoms with Crippen LogP contribution in [0, 0.1) is 0 Å². The molecule has 78 valence electrons. The number of aromatic nitrogens is 1. The molecule has 0 saturated heterocycles. The van der Waals surface area contributed by atoms with Crippen LogP contribution in [0.4, 0.5) is 11.5 Å². The highest BCUT2D eigenvalue weighted by Crippen LogP contribution is 2.27. The number of nitrogens with zero attached hydrogens (tertiary/aromatic N) is 2. The largest absolute Gasteiger partial charge is 0.383 e. The van der Waals surface area contributed by atoms with Crippen molar-refractivity contribution in [1.29, 1.82) is 0 Å². The van der Waals surface area contributed by atoms with Crippen molar-refractivity contribution in [3.8, 4) is 10.4 Å². The van der Waals surface area contributed by atoms with Crippen molar-refractivity contribution in [3.05, 3.63) is 30.3 Å². The van der Waals surface area contributed by atoms with Crippen LogP contribution in [0.5, 0.6) is 0 Å². The van der Waals surface area contributed by atoms with Gasteiger partial charge in [-0.25, -0.2) is 0 Å². The zero-order valence-electron chi connectivity index (χ0n) is 8.77. The van der Waals surface area contributed by atoms with Crippen LogP contribution < -0.4 is 10.6 Å². The molecule has 2 aromatic rings. The van der Waals surface area contributed by atoms with Gasteiger partial charge in [-0.3, -0.25) is 0 Å². The standard InChI is InChI=1S/C11H13N3S/c1-14(2)9-5-3-8(4-6-9)10-7-11(12)13-15-10/h3-7H,1-2H3,(H2,12,13). The van der Waals surface area contributed by atoms with Crippen molar-refractivity contribution in [2.24, 2.45) is 0 Å². The number of nitrogens with two attached hydrogens (primary N) is 1. The molecule has 1 heterocycles. The van der Waals surface area contributed by atoms with E-state index in [1.165, 1.54) is 17.2 Å². The summed E-state index contributed by atoms with van der Waals surface area (Å²) in [6.07, 6.45) is 0. The molecule has 0 aliphatic rings. The minimum absolute atomic E-state index is 0.590. The molecule has 0 aliphatic carbocycles. The number of benzene rings is 1. The lowest BCUT2D eigenvalue weighted by Crippen LogP contribution is -2.07. The summed E-state index contributed by atoms with van der Waals surface area (Å²) in [5.74, 6) is 0.590. The molecule has 0 saturated carbocycles. The average Bonchev–Trinajstić information content (AvgIpc) is 2.65. The molecule has 0 bridgehead atoms. The summed E-state index contributed by atoms with van der Waals surface area (Å²) < 4.78 is 4.06. The quantitative estimate of drug-likeness (QED) is 0.843. The van der Waals surface area contributed by atoms with Crippen LogP contribution in [0.1, 0.15) is 0 Å². The summed E-state index contributed by atoms with van der Waals surface area (Å²) in [4.78, 5) is 3.18. The molecule has 0 fully saturated rings. The van der Waals surface area contributed by atoms with Gasteiger partial charge in [-0.15, -0.1) is 0 Å². The van der Waals surface area contributed by atoms with E-state index in [2.05, 4.69) is 33.5 Å². The maximum atomic E-state index is 5.59. The van der Waals surface area contributed by atoms with Crippen LogP contribution in [-0.2, 0) is 0 Å². The van der Waals surface area contributed by atoms with E-state index in [0.717, 1.165) is 10.4 Å².